The van der Waals surface area contributed by atoms with Crippen LogP contribution in [0.5, 0.6) is 0 Å². The summed E-state index contributed by atoms with van der Waals surface area (Å²) in [6, 6.07) is 3.89. The Balaban J connectivity index is 2.58. The van der Waals surface area contributed by atoms with E-state index < -0.39 is 0 Å². The Morgan fingerprint density at radius 3 is 3.00 bits per heavy atom. The van der Waals surface area contributed by atoms with E-state index in [9.17, 15) is 4.79 Å². The van der Waals surface area contributed by atoms with Crippen molar-refractivity contribution in [1.82, 2.24) is 0 Å². The maximum absolute atomic E-state index is 11.7. The molecule has 0 bridgehead atoms. The number of nitrogens with one attached hydrogen (secondary N) is 1. The van der Waals surface area contributed by atoms with Crippen molar-refractivity contribution in [1.29, 1.82) is 0 Å². The minimum absolute atomic E-state index is 0.241. The van der Waals surface area contributed by atoms with E-state index in [1.165, 1.54) is 0 Å². The Kier molecular flexibility index (Phi) is 2.59. The van der Waals surface area contributed by atoms with Crippen LogP contribution in [0, 0.1) is 6.92 Å². The monoisotopic (exact) mass is 253 g/mol. The molecule has 0 radical (unpaired) electrons. The fourth-order valence-corrected chi connectivity index (χ4v) is 2.17. The summed E-state index contributed by atoms with van der Waals surface area (Å²) in [6.45, 7) is 2.90. The number of ketones is 1. The maximum atomic E-state index is 11.7. The number of aryl methyl sites for hydroxylation is 1. The molecule has 0 amide bonds. The second-order valence-corrected chi connectivity index (χ2v) is 4.37. The van der Waals surface area contributed by atoms with Crippen molar-refractivity contribution in [3.05, 3.63) is 27.7 Å². The number of Topliss-reactive ketones (excluding diaryl/α,β-unsaturated/α-hetero) is 1. The number of carbonyl (C=O) groups is 1. The summed E-state index contributed by atoms with van der Waals surface area (Å²) in [6.07, 6.45) is 1.56. The lowest BCUT2D eigenvalue weighted by Crippen LogP contribution is -2.02. The number of carbonyl (C=O) groups excluding carboxylic acids is 1. The van der Waals surface area contributed by atoms with Crippen LogP contribution in [0.1, 0.15) is 28.8 Å². The zero-order valence-corrected chi connectivity index (χ0v) is 9.65. The van der Waals surface area contributed by atoms with Crippen LogP contribution in [0.2, 0.25) is 0 Å². The van der Waals surface area contributed by atoms with E-state index in [1.807, 2.05) is 19.1 Å². The molecule has 1 aliphatic rings. The van der Waals surface area contributed by atoms with Crippen molar-refractivity contribution in [2.75, 3.05) is 11.9 Å². The van der Waals surface area contributed by atoms with Gasteiger partial charge in [0.05, 0.1) is 5.69 Å². The van der Waals surface area contributed by atoms with Crippen LogP contribution in [0.15, 0.2) is 16.6 Å². The Labute approximate surface area is 91.8 Å². The topological polar surface area (TPSA) is 29.1 Å². The fourth-order valence-electron chi connectivity index (χ4n) is 1.68. The third kappa shape index (κ3) is 1.57. The highest BCUT2D eigenvalue weighted by molar-refractivity contribution is 9.10. The predicted molar refractivity (Wildman–Crippen MR) is 60.9 cm³/mol. The molecule has 0 aliphatic carbocycles. The average molecular weight is 254 g/mol. The molecule has 0 spiro atoms. The molecule has 1 aromatic rings. The average Bonchev–Trinajstić information content (AvgIpc) is 2.35. The lowest BCUT2D eigenvalue weighted by molar-refractivity contribution is 0.0984. The van der Waals surface area contributed by atoms with Gasteiger partial charge in [-0.3, -0.25) is 4.79 Å². The van der Waals surface area contributed by atoms with Gasteiger partial charge in [0.25, 0.3) is 0 Å². The predicted octanol–water partition coefficient (Wildman–Crippen LogP) is 3.15. The molecule has 0 fully saturated rings. The SMILES string of the molecule is Cc1ccc2c(c1Br)NCCCC2=O. The molecule has 1 aromatic carbocycles. The number of halogens is 1. The molecule has 1 heterocycles. The standard InChI is InChI=1S/C11H12BrNO/c1-7-4-5-8-9(14)3-2-6-13-11(8)10(7)12/h4-5,13H,2-3,6H2,1H3. The quantitative estimate of drug-likeness (QED) is 0.770. The summed E-state index contributed by atoms with van der Waals surface area (Å²) >= 11 is 3.51. The number of rotatable bonds is 0. The lowest BCUT2D eigenvalue weighted by Gasteiger charge is -2.10. The van der Waals surface area contributed by atoms with Crippen molar-refractivity contribution >= 4 is 27.4 Å². The molecule has 0 saturated carbocycles. The molecule has 0 saturated heterocycles. The fraction of sp³-hybridized carbons (Fsp3) is 0.364. The molecule has 0 atom stereocenters. The molecular formula is C11H12BrNO. The number of fused-ring (bicyclic) bond motifs is 1. The number of hydrogen-bond acceptors (Lipinski definition) is 2. The van der Waals surface area contributed by atoms with Gasteiger partial charge in [-0.2, -0.15) is 0 Å². The molecule has 1 aliphatic heterocycles. The summed E-state index contributed by atoms with van der Waals surface area (Å²) in [5.74, 6) is 0.241. The molecule has 0 unspecified atom stereocenters. The van der Waals surface area contributed by atoms with E-state index >= 15 is 0 Å². The molecule has 2 rings (SSSR count). The van der Waals surface area contributed by atoms with Crippen LogP contribution >= 0.6 is 15.9 Å². The smallest absolute Gasteiger partial charge is 0.165 e. The molecule has 14 heavy (non-hydrogen) atoms. The van der Waals surface area contributed by atoms with Crippen molar-refractivity contribution < 1.29 is 4.79 Å². The summed E-state index contributed by atoms with van der Waals surface area (Å²) in [4.78, 5) is 11.7. The van der Waals surface area contributed by atoms with Gasteiger partial charge in [0.1, 0.15) is 0 Å². The molecule has 74 valence electrons. The minimum atomic E-state index is 0.241. The lowest BCUT2D eigenvalue weighted by atomic mass is 10.0. The third-order valence-corrected chi connectivity index (χ3v) is 3.54. The molecule has 0 aromatic heterocycles. The van der Waals surface area contributed by atoms with Crippen LogP contribution in [-0.2, 0) is 0 Å². The van der Waals surface area contributed by atoms with Crippen LogP contribution in [0.3, 0.4) is 0 Å². The first-order chi connectivity index (χ1) is 6.70. The maximum Gasteiger partial charge on any atom is 0.165 e. The molecule has 2 nitrogen and oxygen atoms in total. The van der Waals surface area contributed by atoms with Crippen LogP contribution < -0.4 is 5.32 Å². The number of benzene rings is 1. The van der Waals surface area contributed by atoms with Gasteiger partial charge in [0.2, 0.25) is 0 Å². The van der Waals surface area contributed by atoms with Gasteiger partial charge in [0, 0.05) is 23.0 Å². The Morgan fingerprint density at radius 2 is 2.21 bits per heavy atom. The first kappa shape index (κ1) is 9.71. The van der Waals surface area contributed by atoms with E-state index in [0.717, 1.165) is 34.3 Å². The molecular weight excluding hydrogens is 242 g/mol. The van der Waals surface area contributed by atoms with Crippen molar-refractivity contribution in [3.63, 3.8) is 0 Å². The highest BCUT2D eigenvalue weighted by atomic mass is 79.9. The van der Waals surface area contributed by atoms with Gasteiger partial charge < -0.3 is 5.32 Å². The number of hydrogen-bond donors (Lipinski definition) is 1. The van der Waals surface area contributed by atoms with Crippen LogP contribution in [0.25, 0.3) is 0 Å². The van der Waals surface area contributed by atoms with Gasteiger partial charge in [-0.25, -0.2) is 0 Å². The Hall–Kier alpha value is -0.830. The van der Waals surface area contributed by atoms with Gasteiger partial charge >= 0.3 is 0 Å². The third-order valence-electron chi connectivity index (χ3n) is 2.52. The van der Waals surface area contributed by atoms with E-state index in [2.05, 4.69) is 21.2 Å². The van der Waals surface area contributed by atoms with Crippen molar-refractivity contribution in [2.24, 2.45) is 0 Å². The Morgan fingerprint density at radius 1 is 1.43 bits per heavy atom. The summed E-state index contributed by atoms with van der Waals surface area (Å²) in [5, 5.41) is 3.30. The highest BCUT2D eigenvalue weighted by Crippen LogP contribution is 2.32. The molecule has 1 N–H and O–H groups in total. The largest absolute Gasteiger partial charge is 0.384 e. The second-order valence-electron chi connectivity index (χ2n) is 3.57. The van der Waals surface area contributed by atoms with Gasteiger partial charge in [-0.1, -0.05) is 6.07 Å². The van der Waals surface area contributed by atoms with Gasteiger partial charge in [0.15, 0.2) is 5.78 Å². The molecule has 3 heteroatoms. The highest BCUT2D eigenvalue weighted by Gasteiger charge is 2.17. The van der Waals surface area contributed by atoms with Crippen LogP contribution in [-0.4, -0.2) is 12.3 Å². The first-order valence-electron chi connectivity index (χ1n) is 4.76. The Bertz CT molecular complexity index is 387. The zero-order valence-electron chi connectivity index (χ0n) is 8.06. The summed E-state index contributed by atoms with van der Waals surface area (Å²) in [5.41, 5.74) is 2.94. The van der Waals surface area contributed by atoms with Crippen LogP contribution in [0.4, 0.5) is 5.69 Å². The zero-order chi connectivity index (χ0) is 10.1. The second kappa shape index (κ2) is 3.73. The van der Waals surface area contributed by atoms with Gasteiger partial charge in [-0.15, -0.1) is 0 Å². The van der Waals surface area contributed by atoms with E-state index in [-0.39, 0.29) is 5.78 Å². The van der Waals surface area contributed by atoms with Gasteiger partial charge in [-0.05, 0) is 40.9 Å². The van der Waals surface area contributed by atoms with Crippen molar-refractivity contribution in [3.8, 4) is 0 Å². The summed E-state index contributed by atoms with van der Waals surface area (Å²) < 4.78 is 1.02. The van der Waals surface area contributed by atoms with E-state index in [1.54, 1.807) is 0 Å². The van der Waals surface area contributed by atoms with Crippen molar-refractivity contribution in [2.45, 2.75) is 19.8 Å². The minimum Gasteiger partial charge on any atom is -0.384 e. The van der Waals surface area contributed by atoms with E-state index in [0.29, 0.717) is 6.42 Å². The van der Waals surface area contributed by atoms with E-state index in [4.69, 9.17) is 0 Å². The number of anilines is 1. The normalized spacial score (nSPS) is 15.7. The first-order valence-corrected chi connectivity index (χ1v) is 5.55. The summed E-state index contributed by atoms with van der Waals surface area (Å²) in [7, 11) is 0.